The summed E-state index contributed by atoms with van der Waals surface area (Å²) in [5, 5.41) is 21.6. The van der Waals surface area contributed by atoms with Gasteiger partial charge in [-0.25, -0.2) is 9.59 Å². The van der Waals surface area contributed by atoms with Crippen molar-refractivity contribution in [1.82, 2.24) is 9.55 Å². The molecule has 0 aliphatic carbocycles. The van der Waals surface area contributed by atoms with Crippen LogP contribution >= 0.6 is 0 Å². The van der Waals surface area contributed by atoms with Crippen LogP contribution in [0.3, 0.4) is 0 Å². The Labute approximate surface area is 145 Å². The van der Waals surface area contributed by atoms with Crippen molar-refractivity contribution in [3.63, 3.8) is 0 Å². The average molecular weight is 355 g/mol. The summed E-state index contributed by atoms with van der Waals surface area (Å²) >= 11 is 0. The summed E-state index contributed by atoms with van der Waals surface area (Å²) in [7, 11) is 0. The second kappa shape index (κ2) is 7.51. The number of aliphatic hydroxyl groups is 2. The second-order valence-corrected chi connectivity index (χ2v) is 7.06. The van der Waals surface area contributed by atoms with Crippen LogP contribution in [0.2, 0.25) is 0 Å². The van der Waals surface area contributed by atoms with Gasteiger partial charge in [0.25, 0.3) is 0 Å². The first-order valence-corrected chi connectivity index (χ1v) is 8.16. The Balaban J connectivity index is 2.12. The van der Waals surface area contributed by atoms with Crippen molar-refractivity contribution in [2.75, 3.05) is 11.9 Å². The SMILES string of the molecule is CC1[C@@H](O)[C@@H](CCO)O[C@H]1n1ccc(NC(=O)OC(C)(C)C)nc1=O. The fourth-order valence-corrected chi connectivity index (χ4v) is 2.66. The fourth-order valence-electron chi connectivity index (χ4n) is 2.66. The lowest BCUT2D eigenvalue weighted by atomic mass is 10.0. The predicted octanol–water partition coefficient (Wildman–Crippen LogP) is 0.867. The molecule has 1 unspecified atom stereocenters. The summed E-state index contributed by atoms with van der Waals surface area (Å²) in [6.07, 6.45) is -1.01. The second-order valence-electron chi connectivity index (χ2n) is 7.06. The zero-order valence-electron chi connectivity index (χ0n) is 14.8. The van der Waals surface area contributed by atoms with Crippen molar-refractivity contribution in [3.05, 3.63) is 22.7 Å². The molecule has 1 aliphatic heterocycles. The number of nitrogens with zero attached hydrogens (tertiary/aromatic N) is 2. The maximum atomic E-state index is 12.3. The van der Waals surface area contributed by atoms with Crippen LogP contribution in [0.25, 0.3) is 0 Å². The van der Waals surface area contributed by atoms with E-state index in [-0.39, 0.29) is 24.8 Å². The monoisotopic (exact) mass is 355 g/mol. The van der Waals surface area contributed by atoms with Crippen LogP contribution in [0.15, 0.2) is 17.1 Å². The number of hydrogen-bond donors (Lipinski definition) is 3. The quantitative estimate of drug-likeness (QED) is 0.732. The molecule has 140 valence electrons. The molecule has 0 radical (unpaired) electrons. The number of amides is 1. The number of carbonyl (C=O) groups excluding carboxylic acids is 1. The Hall–Kier alpha value is -1.97. The molecule has 1 saturated heterocycles. The van der Waals surface area contributed by atoms with Crippen molar-refractivity contribution in [3.8, 4) is 0 Å². The lowest BCUT2D eigenvalue weighted by Crippen LogP contribution is -2.32. The van der Waals surface area contributed by atoms with Crippen LogP contribution in [0.4, 0.5) is 10.6 Å². The Morgan fingerprint density at radius 3 is 2.72 bits per heavy atom. The molecule has 4 atom stereocenters. The van der Waals surface area contributed by atoms with Crippen LogP contribution < -0.4 is 11.0 Å². The Kier molecular flexibility index (Phi) is 5.81. The normalized spacial score (nSPS) is 26.5. The Bertz CT molecular complexity index is 669. The zero-order chi connectivity index (χ0) is 18.8. The zero-order valence-corrected chi connectivity index (χ0v) is 14.8. The first-order chi connectivity index (χ1) is 11.6. The topological polar surface area (TPSA) is 123 Å². The van der Waals surface area contributed by atoms with Gasteiger partial charge in [0.2, 0.25) is 0 Å². The Morgan fingerprint density at radius 2 is 2.16 bits per heavy atom. The third kappa shape index (κ3) is 4.77. The van der Waals surface area contributed by atoms with Gasteiger partial charge in [-0.15, -0.1) is 0 Å². The highest BCUT2D eigenvalue weighted by atomic mass is 16.6. The minimum absolute atomic E-state index is 0.0635. The maximum Gasteiger partial charge on any atom is 0.413 e. The van der Waals surface area contributed by atoms with Gasteiger partial charge < -0.3 is 19.7 Å². The molecule has 0 bridgehead atoms. The van der Waals surface area contributed by atoms with E-state index in [4.69, 9.17) is 14.6 Å². The first kappa shape index (κ1) is 19.4. The minimum Gasteiger partial charge on any atom is -0.444 e. The maximum absolute atomic E-state index is 12.3. The molecule has 2 heterocycles. The molecule has 0 spiro atoms. The minimum atomic E-state index is -0.788. The molecule has 25 heavy (non-hydrogen) atoms. The average Bonchev–Trinajstić information content (AvgIpc) is 2.74. The number of anilines is 1. The lowest BCUT2D eigenvalue weighted by molar-refractivity contribution is -0.0331. The number of aromatic nitrogens is 2. The van der Waals surface area contributed by atoms with E-state index in [1.165, 1.54) is 16.8 Å². The van der Waals surface area contributed by atoms with Gasteiger partial charge in [-0.1, -0.05) is 6.92 Å². The van der Waals surface area contributed by atoms with Crippen molar-refractivity contribution in [1.29, 1.82) is 0 Å². The number of aliphatic hydroxyl groups excluding tert-OH is 2. The van der Waals surface area contributed by atoms with Crippen LogP contribution in [-0.4, -0.2) is 50.3 Å². The highest BCUT2D eigenvalue weighted by Gasteiger charge is 2.41. The van der Waals surface area contributed by atoms with Gasteiger partial charge in [0.05, 0.1) is 12.2 Å². The number of carbonyl (C=O) groups is 1. The van der Waals surface area contributed by atoms with Gasteiger partial charge in [-0.2, -0.15) is 4.98 Å². The van der Waals surface area contributed by atoms with Crippen LogP contribution in [0.1, 0.15) is 40.3 Å². The lowest BCUT2D eigenvalue weighted by Gasteiger charge is -2.20. The van der Waals surface area contributed by atoms with Gasteiger partial charge in [0.15, 0.2) is 0 Å². The van der Waals surface area contributed by atoms with Crippen molar-refractivity contribution >= 4 is 11.9 Å². The molecule has 1 aromatic heterocycles. The molecule has 0 saturated carbocycles. The van der Waals surface area contributed by atoms with E-state index >= 15 is 0 Å². The molecular formula is C16H25N3O6. The number of rotatable bonds is 4. The summed E-state index contributed by atoms with van der Waals surface area (Å²) < 4.78 is 12.0. The van der Waals surface area contributed by atoms with Gasteiger partial charge in [0, 0.05) is 18.7 Å². The molecule has 9 nitrogen and oxygen atoms in total. The summed E-state index contributed by atoms with van der Waals surface area (Å²) in [6, 6.07) is 1.45. The van der Waals surface area contributed by atoms with E-state index in [9.17, 15) is 14.7 Å². The largest absolute Gasteiger partial charge is 0.444 e. The number of nitrogens with one attached hydrogen (secondary N) is 1. The van der Waals surface area contributed by atoms with Crippen LogP contribution in [0, 0.1) is 5.92 Å². The molecular weight excluding hydrogens is 330 g/mol. The third-order valence-electron chi connectivity index (χ3n) is 3.83. The standard InChI is InChI=1S/C16H25N3O6/c1-9-12(21)10(6-8-20)24-13(9)19-7-5-11(17-14(19)22)18-15(23)25-16(2,3)4/h5,7,9-10,12-13,20-21H,6,8H2,1-4H3,(H,17,18,22,23)/t9?,10-,12-,13-/m1/s1. The van der Waals surface area contributed by atoms with E-state index in [0.717, 1.165) is 0 Å². The summed E-state index contributed by atoms with van der Waals surface area (Å²) in [4.78, 5) is 27.8. The van der Waals surface area contributed by atoms with Crippen LogP contribution in [-0.2, 0) is 9.47 Å². The van der Waals surface area contributed by atoms with Crippen molar-refractivity contribution < 1.29 is 24.5 Å². The highest BCUT2D eigenvalue weighted by Crippen LogP contribution is 2.34. The smallest absolute Gasteiger partial charge is 0.413 e. The predicted molar refractivity (Wildman–Crippen MR) is 89.1 cm³/mol. The van der Waals surface area contributed by atoms with E-state index in [0.29, 0.717) is 0 Å². The molecule has 1 amide bonds. The molecule has 1 aliphatic rings. The number of ether oxygens (including phenoxy) is 2. The summed E-state index contributed by atoms with van der Waals surface area (Å²) in [6.45, 7) is 6.82. The molecule has 1 fully saturated rings. The van der Waals surface area contributed by atoms with E-state index < -0.39 is 35.8 Å². The molecule has 3 N–H and O–H groups in total. The first-order valence-electron chi connectivity index (χ1n) is 8.16. The fraction of sp³-hybridized carbons (Fsp3) is 0.688. The van der Waals surface area contributed by atoms with Gasteiger partial charge in [0.1, 0.15) is 17.6 Å². The van der Waals surface area contributed by atoms with Crippen LogP contribution in [0.5, 0.6) is 0 Å². The third-order valence-corrected chi connectivity index (χ3v) is 3.83. The van der Waals surface area contributed by atoms with Gasteiger partial charge >= 0.3 is 11.8 Å². The van der Waals surface area contributed by atoms with Crippen molar-refractivity contribution in [2.45, 2.75) is 58.2 Å². The summed E-state index contributed by atoms with van der Waals surface area (Å²) in [5.74, 6) is -0.283. The molecule has 2 rings (SSSR count). The van der Waals surface area contributed by atoms with Gasteiger partial charge in [-0.05, 0) is 33.3 Å². The molecule has 0 aromatic carbocycles. The van der Waals surface area contributed by atoms with Gasteiger partial charge in [-0.3, -0.25) is 9.88 Å². The molecule has 9 heteroatoms. The van der Waals surface area contributed by atoms with E-state index in [2.05, 4.69) is 10.3 Å². The molecule has 1 aromatic rings. The highest BCUT2D eigenvalue weighted by molar-refractivity contribution is 5.83. The number of hydrogen-bond acceptors (Lipinski definition) is 7. The van der Waals surface area contributed by atoms with E-state index in [1.54, 1.807) is 27.7 Å². The van der Waals surface area contributed by atoms with E-state index in [1.807, 2.05) is 0 Å². The summed E-state index contributed by atoms with van der Waals surface area (Å²) in [5.41, 5.74) is -1.29. The Morgan fingerprint density at radius 1 is 1.48 bits per heavy atom. The van der Waals surface area contributed by atoms with Crippen molar-refractivity contribution in [2.24, 2.45) is 5.92 Å².